The van der Waals surface area contributed by atoms with Gasteiger partial charge in [0.1, 0.15) is 5.76 Å². The molecule has 2 rings (SSSR count). The van der Waals surface area contributed by atoms with Gasteiger partial charge in [0.05, 0.1) is 23.9 Å². The fourth-order valence-electron chi connectivity index (χ4n) is 1.78. The average molecular weight is 322 g/mol. The summed E-state index contributed by atoms with van der Waals surface area (Å²) in [5.41, 5.74) is 6.51. The lowest BCUT2D eigenvalue weighted by atomic mass is 10.2. The summed E-state index contributed by atoms with van der Waals surface area (Å²) in [7, 11) is 0. The van der Waals surface area contributed by atoms with Gasteiger partial charge in [-0.25, -0.2) is 4.98 Å². The lowest BCUT2D eigenvalue weighted by Crippen LogP contribution is -2.38. The summed E-state index contributed by atoms with van der Waals surface area (Å²) >= 11 is 1.27. The third-order valence-corrected chi connectivity index (χ3v) is 3.78. The highest BCUT2D eigenvalue weighted by atomic mass is 32.1. The minimum absolute atomic E-state index is 0.0747. The predicted molar refractivity (Wildman–Crippen MR) is 83.9 cm³/mol. The van der Waals surface area contributed by atoms with Crippen molar-refractivity contribution in [3.05, 3.63) is 34.7 Å². The van der Waals surface area contributed by atoms with E-state index >= 15 is 0 Å². The number of nitrogens with one attached hydrogen (secondary N) is 2. The number of hydrogen-bond acceptors (Lipinski definition) is 6. The van der Waals surface area contributed by atoms with E-state index in [9.17, 15) is 9.59 Å². The van der Waals surface area contributed by atoms with Crippen molar-refractivity contribution in [1.29, 1.82) is 0 Å². The minimum Gasteiger partial charge on any atom is -0.469 e. The maximum atomic E-state index is 12.0. The highest BCUT2D eigenvalue weighted by molar-refractivity contribution is 7.14. The van der Waals surface area contributed by atoms with E-state index in [1.807, 2.05) is 6.92 Å². The number of hydrogen-bond donors (Lipinski definition) is 3. The topological polar surface area (TPSA) is 110 Å². The summed E-state index contributed by atoms with van der Waals surface area (Å²) in [6.45, 7) is 3.93. The summed E-state index contributed by atoms with van der Waals surface area (Å²) in [5, 5.41) is 7.63. The second-order valence-corrected chi connectivity index (χ2v) is 5.73. The number of amides is 2. The second-order valence-electron chi connectivity index (χ2n) is 4.87. The number of rotatable bonds is 6. The number of carbonyl (C=O) groups is 2. The molecule has 2 aromatic rings. The van der Waals surface area contributed by atoms with Crippen LogP contribution in [0, 0.1) is 6.92 Å². The molecule has 0 saturated heterocycles. The molecule has 0 unspecified atom stereocenters. The van der Waals surface area contributed by atoms with Gasteiger partial charge in [-0.15, -0.1) is 11.3 Å². The monoisotopic (exact) mass is 322 g/mol. The quantitative estimate of drug-likeness (QED) is 0.742. The normalized spacial score (nSPS) is 12.0. The predicted octanol–water partition coefficient (Wildman–Crippen LogP) is 1.30. The minimum atomic E-state index is -0.284. The molecular formula is C14H18N4O3S. The molecule has 4 N–H and O–H groups in total. The van der Waals surface area contributed by atoms with E-state index in [4.69, 9.17) is 10.2 Å². The Kier molecular flexibility index (Phi) is 5.29. The first-order valence-electron chi connectivity index (χ1n) is 6.79. The van der Waals surface area contributed by atoms with Crippen molar-refractivity contribution < 1.29 is 14.0 Å². The van der Waals surface area contributed by atoms with E-state index in [1.165, 1.54) is 17.6 Å². The maximum Gasteiger partial charge on any atom is 0.260 e. The molecule has 22 heavy (non-hydrogen) atoms. The zero-order valence-corrected chi connectivity index (χ0v) is 13.2. The van der Waals surface area contributed by atoms with Gasteiger partial charge in [0.25, 0.3) is 5.91 Å². The third kappa shape index (κ3) is 4.15. The number of aryl methyl sites for hydroxylation is 1. The van der Waals surface area contributed by atoms with Crippen LogP contribution in [-0.2, 0) is 11.2 Å². The van der Waals surface area contributed by atoms with Crippen LogP contribution >= 0.6 is 11.3 Å². The van der Waals surface area contributed by atoms with E-state index in [-0.39, 0.29) is 24.3 Å². The van der Waals surface area contributed by atoms with Crippen LogP contribution in [0.1, 0.15) is 28.7 Å². The van der Waals surface area contributed by atoms with Crippen molar-refractivity contribution in [3.8, 4) is 0 Å². The molecule has 0 aliphatic carbocycles. The van der Waals surface area contributed by atoms with Crippen molar-refractivity contribution >= 4 is 28.3 Å². The van der Waals surface area contributed by atoms with E-state index in [0.29, 0.717) is 28.7 Å². The lowest BCUT2D eigenvalue weighted by Gasteiger charge is -2.09. The van der Waals surface area contributed by atoms with Gasteiger partial charge in [0.15, 0.2) is 5.13 Å². The Labute approximate surface area is 131 Å². The van der Waals surface area contributed by atoms with Crippen LogP contribution < -0.4 is 16.4 Å². The number of nitrogens with two attached hydrogens (primary N) is 1. The highest BCUT2D eigenvalue weighted by Gasteiger charge is 2.14. The third-order valence-electron chi connectivity index (χ3n) is 2.98. The summed E-state index contributed by atoms with van der Waals surface area (Å²) in [6, 6.07) is 1.52. The molecule has 0 saturated carbocycles. The van der Waals surface area contributed by atoms with Gasteiger partial charge >= 0.3 is 0 Å². The molecule has 0 spiro atoms. The molecule has 0 aliphatic heterocycles. The van der Waals surface area contributed by atoms with Crippen LogP contribution in [0.2, 0.25) is 0 Å². The van der Waals surface area contributed by atoms with Crippen LogP contribution in [0.25, 0.3) is 0 Å². The summed E-state index contributed by atoms with van der Waals surface area (Å²) in [4.78, 5) is 28.0. The molecule has 7 nitrogen and oxygen atoms in total. The molecular weight excluding hydrogens is 304 g/mol. The Morgan fingerprint density at radius 3 is 2.91 bits per heavy atom. The molecule has 0 fully saturated rings. The first-order chi connectivity index (χ1) is 10.5. The van der Waals surface area contributed by atoms with E-state index in [1.54, 1.807) is 18.4 Å². The second kappa shape index (κ2) is 7.19. The van der Waals surface area contributed by atoms with Crippen LogP contribution in [-0.4, -0.2) is 29.4 Å². The Balaban J connectivity index is 1.93. The van der Waals surface area contributed by atoms with Gasteiger partial charge in [-0.1, -0.05) is 0 Å². The molecule has 2 aromatic heterocycles. The smallest absolute Gasteiger partial charge is 0.260 e. The van der Waals surface area contributed by atoms with Crippen LogP contribution in [0.5, 0.6) is 0 Å². The first kappa shape index (κ1) is 16.2. The number of aromatic nitrogens is 1. The largest absolute Gasteiger partial charge is 0.469 e. The average Bonchev–Trinajstić information content (AvgIpc) is 3.07. The van der Waals surface area contributed by atoms with Gasteiger partial charge < -0.3 is 15.5 Å². The molecule has 8 heteroatoms. The van der Waals surface area contributed by atoms with Gasteiger partial charge in [-0.3, -0.25) is 14.9 Å². The number of anilines is 1. The number of carbonyl (C=O) groups excluding carboxylic acids is 2. The fourth-order valence-corrected chi connectivity index (χ4v) is 2.49. The number of thiazole rings is 1. The molecule has 118 valence electrons. The summed E-state index contributed by atoms with van der Waals surface area (Å²) in [5.74, 6) is 0.115. The van der Waals surface area contributed by atoms with Gasteiger partial charge in [0.2, 0.25) is 5.91 Å². The molecule has 0 aliphatic rings. The van der Waals surface area contributed by atoms with Gasteiger partial charge in [-0.05, 0) is 19.9 Å². The van der Waals surface area contributed by atoms with Crippen molar-refractivity contribution in [2.45, 2.75) is 26.3 Å². The van der Waals surface area contributed by atoms with E-state index in [0.717, 1.165) is 0 Å². The van der Waals surface area contributed by atoms with Crippen molar-refractivity contribution in [3.63, 3.8) is 0 Å². The standard InChI is InChI=1S/C14H18N4O3S/c1-8(6-15)16-12(19)5-10-7-22-14(17-10)18-13(20)11-3-4-21-9(11)2/h3-4,7-8H,5-6,15H2,1-2H3,(H,16,19)(H,17,18,20)/t8-/m0/s1. The first-order valence-corrected chi connectivity index (χ1v) is 7.67. The van der Waals surface area contributed by atoms with Crippen LogP contribution in [0.4, 0.5) is 5.13 Å². The Morgan fingerprint density at radius 2 is 2.27 bits per heavy atom. The van der Waals surface area contributed by atoms with Crippen LogP contribution in [0.3, 0.4) is 0 Å². The Hall–Kier alpha value is -2.19. The fraction of sp³-hybridized carbons (Fsp3) is 0.357. The number of nitrogens with zero attached hydrogens (tertiary/aromatic N) is 1. The zero-order valence-electron chi connectivity index (χ0n) is 12.4. The van der Waals surface area contributed by atoms with Crippen molar-refractivity contribution in [1.82, 2.24) is 10.3 Å². The SMILES string of the molecule is Cc1occc1C(=O)Nc1nc(CC(=O)N[C@@H](C)CN)cs1. The molecule has 0 aromatic carbocycles. The summed E-state index contributed by atoms with van der Waals surface area (Å²) in [6.07, 6.45) is 1.61. The van der Waals surface area contributed by atoms with Crippen molar-refractivity contribution in [2.75, 3.05) is 11.9 Å². The molecule has 1 atom stereocenters. The highest BCUT2D eigenvalue weighted by Crippen LogP contribution is 2.18. The van der Waals surface area contributed by atoms with E-state index in [2.05, 4.69) is 15.6 Å². The summed E-state index contributed by atoms with van der Waals surface area (Å²) < 4.78 is 5.09. The van der Waals surface area contributed by atoms with Crippen LogP contribution in [0.15, 0.2) is 22.1 Å². The zero-order chi connectivity index (χ0) is 16.1. The maximum absolute atomic E-state index is 12.0. The van der Waals surface area contributed by atoms with Gasteiger partial charge in [0, 0.05) is 18.0 Å². The molecule has 2 heterocycles. The van der Waals surface area contributed by atoms with E-state index < -0.39 is 0 Å². The van der Waals surface area contributed by atoms with Gasteiger partial charge in [-0.2, -0.15) is 0 Å². The number of furan rings is 1. The molecule has 2 amide bonds. The molecule has 0 radical (unpaired) electrons. The lowest BCUT2D eigenvalue weighted by molar-refractivity contribution is -0.121. The molecule has 0 bridgehead atoms. The Bertz CT molecular complexity index is 665. The van der Waals surface area contributed by atoms with Crippen molar-refractivity contribution in [2.24, 2.45) is 5.73 Å². The Morgan fingerprint density at radius 1 is 1.50 bits per heavy atom.